The summed E-state index contributed by atoms with van der Waals surface area (Å²) in [6.45, 7) is 1.93. The van der Waals surface area contributed by atoms with E-state index in [1.807, 2.05) is 25.1 Å². The summed E-state index contributed by atoms with van der Waals surface area (Å²) in [5.74, 6) is 0.0557. The third-order valence-electron chi connectivity index (χ3n) is 1.94. The lowest BCUT2D eigenvalue weighted by molar-refractivity contribution is 0.984. The molecule has 0 atom stereocenters. The molecule has 0 aliphatic heterocycles. The molecule has 0 saturated carbocycles. The Balaban J connectivity index is 2.23. The maximum Gasteiger partial charge on any atom is 0.179 e. The lowest BCUT2D eigenvalue weighted by Crippen LogP contribution is -2.11. The maximum atomic E-state index is 7.39. The van der Waals surface area contributed by atoms with Crippen LogP contribution >= 0.6 is 39.0 Å². The number of nitrogen functional groups attached to an aromatic ring is 1. The van der Waals surface area contributed by atoms with Crippen molar-refractivity contribution >= 4 is 44.9 Å². The highest BCUT2D eigenvalue weighted by molar-refractivity contribution is 9.10. The number of nitrogens with two attached hydrogens (primary N) is 1. The minimum Gasteiger partial charge on any atom is -0.384 e. The average molecular weight is 329 g/mol. The summed E-state index contributed by atoms with van der Waals surface area (Å²) < 4.78 is 1.72. The Morgan fingerprint density at radius 1 is 1.47 bits per heavy atom. The second-order valence-electron chi connectivity index (χ2n) is 3.24. The number of rotatable bonds is 3. The molecule has 3 N–H and O–H groups in total. The molecule has 1 aromatic carbocycles. The summed E-state index contributed by atoms with van der Waals surface area (Å²) in [4.78, 5) is 1.04. The fraction of sp³-hybridized carbons (Fsp3) is 0.100. The highest BCUT2D eigenvalue weighted by Gasteiger charge is 2.07. The number of halogens is 1. The number of nitrogens with one attached hydrogen (secondary N) is 1. The molecule has 0 aliphatic carbocycles. The van der Waals surface area contributed by atoms with Gasteiger partial charge in [-0.2, -0.15) is 0 Å². The van der Waals surface area contributed by atoms with E-state index in [4.69, 9.17) is 11.1 Å². The van der Waals surface area contributed by atoms with Crippen LogP contribution in [0.1, 0.15) is 10.6 Å². The van der Waals surface area contributed by atoms with Gasteiger partial charge in [-0.15, -0.1) is 10.2 Å². The normalized spacial score (nSPS) is 10.5. The van der Waals surface area contributed by atoms with E-state index in [0.717, 1.165) is 18.7 Å². The molecule has 1 heterocycles. The van der Waals surface area contributed by atoms with Crippen LogP contribution in [0.15, 0.2) is 31.9 Å². The van der Waals surface area contributed by atoms with Crippen molar-refractivity contribution < 1.29 is 0 Å². The number of hydrogen-bond acceptors (Lipinski definition) is 5. The number of benzene rings is 1. The summed E-state index contributed by atoms with van der Waals surface area (Å²) in [6, 6.07) is 5.67. The highest BCUT2D eigenvalue weighted by atomic mass is 79.9. The summed E-state index contributed by atoms with van der Waals surface area (Å²) in [5, 5.41) is 16.4. The summed E-state index contributed by atoms with van der Waals surface area (Å²) in [7, 11) is 0. The number of amidine groups is 1. The van der Waals surface area contributed by atoms with Gasteiger partial charge >= 0.3 is 0 Å². The van der Waals surface area contributed by atoms with Crippen molar-refractivity contribution in [2.45, 2.75) is 16.2 Å². The topological polar surface area (TPSA) is 75.7 Å². The lowest BCUT2D eigenvalue weighted by atomic mass is 10.2. The summed E-state index contributed by atoms with van der Waals surface area (Å²) >= 11 is 6.50. The molecule has 7 heteroatoms. The standard InChI is InChI=1S/C10H9BrN4S2/c1-5-14-15-10(16-5)17-6-2-3-7(9(12)13)8(11)4-6/h2-4H,1H3,(H3,12,13). The second kappa shape index (κ2) is 5.16. The lowest BCUT2D eigenvalue weighted by Gasteiger charge is -2.04. The molecule has 0 spiro atoms. The maximum absolute atomic E-state index is 7.39. The monoisotopic (exact) mass is 328 g/mol. The quantitative estimate of drug-likeness (QED) is 0.670. The SMILES string of the molecule is Cc1nnc(Sc2ccc(C(=N)N)c(Br)c2)s1. The van der Waals surface area contributed by atoms with Crippen LogP contribution in [0, 0.1) is 12.3 Å². The Bertz CT molecular complexity index is 567. The van der Waals surface area contributed by atoms with E-state index in [1.54, 1.807) is 23.1 Å². The Kier molecular flexibility index (Phi) is 3.80. The van der Waals surface area contributed by atoms with Gasteiger partial charge in [0, 0.05) is 14.9 Å². The molecule has 0 fully saturated rings. The fourth-order valence-corrected chi connectivity index (χ4v) is 3.77. The van der Waals surface area contributed by atoms with Crippen LogP contribution in [0.2, 0.25) is 0 Å². The van der Waals surface area contributed by atoms with Crippen LogP contribution in [0.3, 0.4) is 0 Å². The first-order valence-electron chi connectivity index (χ1n) is 4.68. The molecule has 88 valence electrons. The van der Waals surface area contributed by atoms with Gasteiger partial charge < -0.3 is 5.73 Å². The zero-order valence-corrected chi connectivity index (χ0v) is 12.1. The average Bonchev–Trinajstić information content (AvgIpc) is 2.63. The molecular formula is C10H9BrN4S2. The van der Waals surface area contributed by atoms with Gasteiger partial charge in [-0.3, -0.25) is 5.41 Å². The number of aromatic nitrogens is 2. The predicted molar refractivity (Wildman–Crippen MR) is 73.9 cm³/mol. The largest absolute Gasteiger partial charge is 0.384 e. The molecule has 0 unspecified atom stereocenters. The molecular weight excluding hydrogens is 320 g/mol. The van der Waals surface area contributed by atoms with Crippen molar-refractivity contribution in [3.8, 4) is 0 Å². The zero-order valence-electron chi connectivity index (χ0n) is 8.90. The van der Waals surface area contributed by atoms with Gasteiger partial charge in [0.1, 0.15) is 10.8 Å². The Labute approximate surface area is 115 Å². The number of aryl methyl sites for hydroxylation is 1. The van der Waals surface area contributed by atoms with E-state index >= 15 is 0 Å². The molecule has 0 radical (unpaired) electrons. The zero-order chi connectivity index (χ0) is 12.4. The van der Waals surface area contributed by atoms with E-state index < -0.39 is 0 Å². The van der Waals surface area contributed by atoms with Crippen LogP contribution in [-0.2, 0) is 0 Å². The van der Waals surface area contributed by atoms with Gasteiger partial charge in [-0.1, -0.05) is 23.1 Å². The van der Waals surface area contributed by atoms with Crippen molar-refractivity contribution in [2.75, 3.05) is 0 Å². The molecule has 17 heavy (non-hydrogen) atoms. The second-order valence-corrected chi connectivity index (χ2v) is 6.60. The summed E-state index contributed by atoms with van der Waals surface area (Å²) in [5.41, 5.74) is 6.14. The Morgan fingerprint density at radius 3 is 2.76 bits per heavy atom. The van der Waals surface area contributed by atoms with Crippen molar-refractivity contribution in [1.82, 2.24) is 10.2 Å². The molecule has 2 rings (SSSR count). The third kappa shape index (κ3) is 3.05. The first kappa shape index (κ1) is 12.5. The van der Waals surface area contributed by atoms with E-state index in [2.05, 4.69) is 26.1 Å². The number of nitrogens with zero attached hydrogens (tertiary/aromatic N) is 2. The molecule has 0 saturated heterocycles. The summed E-state index contributed by atoms with van der Waals surface area (Å²) in [6.07, 6.45) is 0. The fourth-order valence-electron chi connectivity index (χ4n) is 1.20. The van der Waals surface area contributed by atoms with Crippen LogP contribution < -0.4 is 5.73 Å². The van der Waals surface area contributed by atoms with E-state index in [-0.39, 0.29) is 5.84 Å². The van der Waals surface area contributed by atoms with Gasteiger partial charge in [0.05, 0.1) is 0 Å². The minimum absolute atomic E-state index is 0.0557. The minimum atomic E-state index is 0.0557. The van der Waals surface area contributed by atoms with Crippen LogP contribution in [0.4, 0.5) is 0 Å². The molecule has 4 nitrogen and oxygen atoms in total. The first-order chi connectivity index (χ1) is 8.06. The van der Waals surface area contributed by atoms with Crippen molar-refractivity contribution in [2.24, 2.45) is 5.73 Å². The highest BCUT2D eigenvalue weighted by Crippen LogP contribution is 2.32. The van der Waals surface area contributed by atoms with Gasteiger partial charge in [0.25, 0.3) is 0 Å². The molecule has 2 aromatic rings. The molecule has 0 aliphatic rings. The predicted octanol–water partition coefficient (Wildman–Crippen LogP) is 3.04. The molecule has 0 bridgehead atoms. The van der Waals surface area contributed by atoms with Crippen molar-refractivity contribution in [3.63, 3.8) is 0 Å². The van der Waals surface area contributed by atoms with Crippen LogP contribution in [-0.4, -0.2) is 16.0 Å². The van der Waals surface area contributed by atoms with Crippen molar-refractivity contribution in [1.29, 1.82) is 5.41 Å². The van der Waals surface area contributed by atoms with E-state index in [1.165, 1.54) is 0 Å². The van der Waals surface area contributed by atoms with Gasteiger partial charge in [0.15, 0.2) is 4.34 Å². The van der Waals surface area contributed by atoms with E-state index in [9.17, 15) is 0 Å². The Morgan fingerprint density at radius 2 is 2.24 bits per heavy atom. The van der Waals surface area contributed by atoms with Crippen molar-refractivity contribution in [3.05, 3.63) is 33.2 Å². The molecule has 1 aromatic heterocycles. The van der Waals surface area contributed by atoms with Gasteiger partial charge in [0.2, 0.25) is 0 Å². The van der Waals surface area contributed by atoms with E-state index in [0.29, 0.717) is 5.56 Å². The van der Waals surface area contributed by atoms with Crippen LogP contribution in [0.5, 0.6) is 0 Å². The number of hydrogen-bond donors (Lipinski definition) is 2. The van der Waals surface area contributed by atoms with Gasteiger partial charge in [-0.05, 0) is 41.1 Å². The smallest absolute Gasteiger partial charge is 0.179 e. The van der Waals surface area contributed by atoms with Crippen LogP contribution in [0.25, 0.3) is 0 Å². The molecule has 0 amide bonds. The Hall–Kier alpha value is -0.920. The third-order valence-corrected chi connectivity index (χ3v) is 4.48. The first-order valence-corrected chi connectivity index (χ1v) is 7.11. The van der Waals surface area contributed by atoms with Gasteiger partial charge in [-0.25, -0.2) is 0 Å².